The average Bonchev–Trinajstić information content (AvgIpc) is 2.70. The summed E-state index contributed by atoms with van der Waals surface area (Å²) in [7, 11) is 1.59. The fourth-order valence-corrected chi connectivity index (χ4v) is 2.27. The van der Waals surface area contributed by atoms with Gasteiger partial charge >= 0.3 is 0 Å². The predicted octanol–water partition coefficient (Wildman–Crippen LogP) is 2.55. The smallest absolute Gasteiger partial charge is 0.248 e. The largest absolute Gasteiger partial charge is 0.497 e. The highest BCUT2D eigenvalue weighted by molar-refractivity contribution is 5.80. The van der Waals surface area contributed by atoms with Crippen LogP contribution in [0, 0.1) is 0 Å². The quantitative estimate of drug-likeness (QED) is 0.552. The third-order valence-electron chi connectivity index (χ3n) is 3.65. The van der Waals surface area contributed by atoms with Crippen LogP contribution >= 0.6 is 0 Å². The van der Waals surface area contributed by atoms with Crippen molar-refractivity contribution in [3.8, 4) is 17.4 Å². The second-order valence-corrected chi connectivity index (χ2v) is 5.55. The molecule has 0 fully saturated rings. The minimum Gasteiger partial charge on any atom is -0.497 e. The molecule has 0 aliphatic rings. The SMILES string of the molecule is COc1ccc(Oc2ncnc(NNC(=O)Cc3ccccc3)c2N)cc1. The molecular formula is C19H19N5O3. The van der Waals surface area contributed by atoms with E-state index in [0.717, 1.165) is 5.56 Å². The van der Waals surface area contributed by atoms with Gasteiger partial charge in [0.2, 0.25) is 11.8 Å². The number of amides is 1. The Morgan fingerprint density at radius 3 is 2.44 bits per heavy atom. The number of aromatic nitrogens is 2. The number of ether oxygens (including phenoxy) is 2. The van der Waals surface area contributed by atoms with Crippen molar-refractivity contribution in [1.82, 2.24) is 15.4 Å². The van der Waals surface area contributed by atoms with Gasteiger partial charge in [-0.3, -0.25) is 15.6 Å². The van der Waals surface area contributed by atoms with Crippen molar-refractivity contribution in [2.24, 2.45) is 0 Å². The molecule has 1 amide bonds. The number of methoxy groups -OCH3 is 1. The molecular weight excluding hydrogens is 346 g/mol. The normalized spacial score (nSPS) is 10.1. The van der Waals surface area contributed by atoms with E-state index in [4.69, 9.17) is 15.2 Å². The molecule has 0 unspecified atom stereocenters. The molecule has 0 radical (unpaired) electrons. The first-order chi connectivity index (χ1) is 13.2. The number of nitrogens with zero attached hydrogens (tertiary/aromatic N) is 2. The molecule has 0 aliphatic carbocycles. The van der Waals surface area contributed by atoms with Gasteiger partial charge in [0.05, 0.1) is 13.5 Å². The Morgan fingerprint density at radius 2 is 1.74 bits per heavy atom. The van der Waals surface area contributed by atoms with Crippen LogP contribution in [0.25, 0.3) is 0 Å². The molecule has 138 valence electrons. The Labute approximate surface area is 156 Å². The molecule has 0 atom stereocenters. The molecule has 3 aromatic rings. The minimum atomic E-state index is -0.225. The van der Waals surface area contributed by atoms with Crippen LogP contribution in [-0.4, -0.2) is 23.0 Å². The lowest BCUT2D eigenvalue weighted by Gasteiger charge is -2.12. The number of hydrogen-bond donors (Lipinski definition) is 3. The van der Waals surface area contributed by atoms with Crippen molar-refractivity contribution in [3.63, 3.8) is 0 Å². The summed E-state index contributed by atoms with van der Waals surface area (Å²) in [5, 5.41) is 0. The zero-order valence-corrected chi connectivity index (χ0v) is 14.7. The number of benzene rings is 2. The first kappa shape index (κ1) is 18.0. The van der Waals surface area contributed by atoms with Crippen LogP contribution in [-0.2, 0) is 11.2 Å². The van der Waals surface area contributed by atoms with E-state index in [2.05, 4.69) is 20.8 Å². The fourth-order valence-electron chi connectivity index (χ4n) is 2.27. The maximum atomic E-state index is 12.0. The zero-order chi connectivity index (χ0) is 19.1. The maximum Gasteiger partial charge on any atom is 0.248 e. The van der Waals surface area contributed by atoms with Crippen molar-refractivity contribution >= 4 is 17.4 Å². The van der Waals surface area contributed by atoms with Crippen LogP contribution in [0.1, 0.15) is 5.56 Å². The number of hydrogen-bond acceptors (Lipinski definition) is 7. The lowest BCUT2D eigenvalue weighted by molar-refractivity contribution is -0.119. The third-order valence-corrected chi connectivity index (χ3v) is 3.65. The van der Waals surface area contributed by atoms with Crippen molar-refractivity contribution < 1.29 is 14.3 Å². The van der Waals surface area contributed by atoms with Crippen molar-refractivity contribution in [3.05, 3.63) is 66.5 Å². The molecule has 0 saturated carbocycles. The van der Waals surface area contributed by atoms with Crippen LogP contribution in [0.5, 0.6) is 17.4 Å². The fraction of sp³-hybridized carbons (Fsp3) is 0.105. The second-order valence-electron chi connectivity index (χ2n) is 5.55. The summed E-state index contributed by atoms with van der Waals surface area (Å²) in [6.07, 6.45) is 1.52. The third kappa shape index (κ3) is 4.85. The van der Waals surface area contributed by atoms with E-state index < -0.39 is 0 Å². The highest BCUT2D eigenvalue weighted by Gasteiger charge is 2.11. The van der Waals surface area contributed by atoms with Crippen molar-refractivity contribution in [1.29, 1.82) is 0 Å². The number of nitrogen functional groups attached to an aromatic ring is 1. The number of carbonyl (C=O) groups excluding carboxylic acids is 1. The van der Waals surface area contributed by atoms with Gasteiger partial charge in [-0.15, -0.1) is 0 Å². The molecule has 8 nitrogen and oxygen atoms in total. The number of anilines is 2. The lowest BCUT2D eigenvalue weighted by Crippen LogP contribution is -2.31. The van der Waals surface area contributed by atoms with Crippen LogP contribution in [0.3, 0.4) is 0 Å². The average molecular weight is 365 g/mol. The van der Waals surface area contributed by atoms with E-state index >= 15 is 0 Å². The van der Waals surface area contributed by atoms with E-state index in [0.29, 0.717) is 11.5 Å². The topological polar surface area (TPSA) is 111 Å². The van der Waals surface area contributed by atoms with Crippen molar-refractivity contribution in [2.45, 2.75) is 6.42 Å². The summed E-state index contributed by atoms with van der Waals surface area (Å²) in [6, 6.07) is 16.4. The van der Waals surface area contributed by atoms with E-state index in [1.165, 1.54) is 6.33 Å². The molecule has 27 heavy (non-hydrogen) atoms. The van der Waals surface area contributed by atoms with E-state index in [1.807, 2.05) is 30.3 Å². The molecule has 4 N–H and O–H groups in total. The van der Waals surface area contributed by atoms with Crippen LogP contribution < -0.4 is 26.1 Å². The van der Waals surface area contributed by atoms with Gasteiger partial charge < -0.3 is 15.2 Å². The molecule has 2 aromatic carbocycles. The van der Waals surface area contributed by atoms with Crippen LogP contribution in [0.4, 0.5) is 11.5 Å². The number of carbonyl (C=O) groups is 1. The van der Waals surface area contributed by atoms with Gasteiger partial charge in [-0.05, 0) is 29.8 Å². The highest BCUT2D eigenvalue weighted by atomic mass is 16.5. The Kier molecular flexibility index (Phi) is 5.68. The van der Waals surface area contributed by atoms with E-state index in [9.17, 15) is 4.79 Å². The van der Waals surface area contributed by atoms with Gasteiger partial charge in [0, 0.05) is 0 Å². The van der Waals surface area contributed by atoms with Crippen LogP contribution in [0.2, 0.25) is 0 Å². The lowest BCUT2D eigenvalue weighted by atomic mass is 10.1. The van der Waals surface area contributed by atoms with Gasteiger partial charge in [-0.25, -0.2) is 4.98 Å². The standard InChI is InChI=1S/C19H19N5O3/c1-26-14-7-9-15(10-8-14)27-19-17(20)18(21-12-22-19)24-23-16(25)11-13-5-3-2-4-6-13/h2-10,12H,11,20H2,1H3,(H,23,25)(H,21,22,24). The number of nitrogens with two attached hydrogens (primary N) is 1. The summed E-state index contributed by atoms with van der Waals surface area (Å²) in [4.78, 5) is 20.1. The van der Waals surface area contributed by atoms with Crippen molar-refractivity contribution in [2.75, 3.05) is 18.3 Å². The Hall–Kier alpha value is -3.81. The minimum absolute atomic E-state index is 0.174. The molecule has 3 rings (SSSR count). The summed E-state index contributed by atoms with van der Waals surface area (Å²) in [5.74, 6) is 1.45. The Balaban J connectivity index is 1.62. The summed E-state index contributed by atoms with van der Waals surface area (Å²) in [5.41, 5.74) is 12.4. The Bertz CT molecular complexity index is 901. The Morgan fingerprint density at radius 1 is 1.04 bits per heavy atom. The van der Waals surface area contributed by atoms with E-state index in [-0.39, 0.29) is 29.7 Å². The van der Waals surface area contributed by atoms with E-state index in [1.54, 1.807) is 31.4 Å². The van der Waals surface area contributed by atoms with Gasteiger partial charge in [0.1, 0.15) is 23.5 Å². The molecule has 0 bridgehead atoms. The van der Waals surface area contributed by atoms with Gasteiger partial charge in [0.15, 0.2) is 5.82 Å². The molecule has 8 heteroatoms. The summed E-state index contributed by atoms with van der Waals surface area (Å²) in [6.45, 7) is 0. The number of nitrogens with one attached hydrogen (secondary N) is 2. The molecule has 0 spiro atoms. The van der Waals surface area contributed by atoms with Gasteiger partial charge in [-0.1, -0.05) is 30.3 Å². The second kappa shape index (κ2) is 8.52. The first-order valence-corrected chi connectivity index (χ1v) is 8.17. The van der Waals surface area contributed by atoms with Crippen LogP contribution in [0.15, 0.2) is 60.9 Å². The summed E-state index contributed by atoms with van der Waals surface area (Å²) < 4.78 is 10.8. The highest BCUT2D eigenvalue weighted by Crippen LogP contribution is 2.29. The molecule has 1 aromatic heterocycles. The predicted molar refractivity (Wildman–Crippen MR) is 101 cm³/mol. The maximum absolute atomic E-state index is 12.0. The first-order valence-electron chi connectivity index (χ1n) is 8.17. The number of rotatable bonds is 7. The molecule has 0 saturated heterocycles. The zero-order valence-electron chi connectivity index (χ0n) is 14.7. The summed E-state index contributed by atoms with van der Waals surface area (Å²) >= 11 is 0. The van der Waals surface area contributed by atoms with Gasteiger partial charge in [-0.2, -0.15) is 4.98 Å². The number of hydrazine groups is 1. The van der Waals surface area contributed by atoms with Gasteiger partial charge in [0.25, 0.3) is 0 Å². The molecule has 1 heterocycles. The monoisotopic (exact) mass is 365 g/mol. The molecule has 0 aliphatic heterocycles.